The van der Waals surface area contributed by atoms with Gasteiger partial charge in [-0.1, -0.05) is 0 Å². The van der Waals surface area contributed by atoms with Gasteiger partial charge in [-0.25, -0.2) is 0 Å². The average molecular weight is 342 g/mol. The van der Waals surface area contributed by atoms with Crippen molar-refractivity contribution in [3.05, 3.63) is 54.0 Å². The van der Waals surface area contributed by atoms with E-state index in [0.29, 0.717) is 37.4 Å². The summed E-state index contributed by atoms with van der Waals surface area (Å²) < 4.78 is 10.6. The van der Waals surface area contributed by atoms with Gasteiger partial charge in [0.25, 0.3) is 5.91 Å². The maximum atomic E-state index is 12.8. The van der Waals surface area contributed by atoms with E-state index >= 15 is 0 Å². The quantitative estimate of drug-likeness (QED) is 0.876. The highest BCUT2D eigenvalue weighted by Gasteiger charge is 2.34. The lowest BCUT2D eigenvalue weighted by Crippen LogP contribution is -2.45. The first-order chi connectivity index (χ1) is 12.2. The summed E-state index contributed by atoms with van der Waals surface area (Å²) in [7, 11) is 0. The number of carbonyl (C=O) groups excluding carboxylic acids is 2. The second kappa shape index (κ2) is 7.88. The number of carbonyl (C=O) groups is 2. The topological polar surface area (TPSA) is 71.8 Å². The van der Waals surface area contributed by atoms with E-state index in [1.165, 1.54) is 0 Å². The molecule has 0 aliphatic carbocycles. The second-order valence-corrected chi connectivity index (χ2v) is 5.91. The van der Waals surface area contributed by atoms with E-state index in [-0.39, 0.29) is 11.8 Å². The van der Waals surface area contributed by atoms with Crippen LogP contribution >= 0.6 is 0 Å². The summed E-state index contributed by atoms with van der Waals surface area (Å²) in [6.07, 6.45) is 3.06. The molecule has 1 aromatic carbocycles. The van der Waals surface area contributed by atoms with Crippen LogP contribution in [0.25, 0.3) is 0 Å². The van der Waals surface area contributed by atoms with Gasteiger partial charge in [0.05, 0.1) is 19.4 Å². The lowest BCUT2D eigenvalue weighted by molar-refractivity contribution is -0.125. The summed E-state index contributed by atoms with van der Waals surface area (Å²) in [5.41, 5.74) is 0.564. The van der Waals surface area contributed by atoms with Crippen LogP contribution in [0, 0.1) is 0 Å². The molecular weight excluding hydrogens is 320 g/mol. The molecule has 3 rings (SSSR count). The summed E-state index contributed by atoms with van der Waals surface area (Å²) in [5, 5.41) is 2.84. The van der Waals surface area contributed by atoms with Crippen molar-refractivity contribution >= 4 is 11.8 Å². The van der Waals surface area contributed by atoms with E-state index in [1.807, 2.05) is 6.92 Å². The Balaban J connectivity index is 1.63. The lowest BCUT2D eigenvalue weighted by Gasteiger charge is -2.24. The SMILES string of the molecule is CCOc1ccc(C(=O)N2CCC[C@@H]2C(=O)NCc2ccco2)cc1. The molecule has 1 aliphatic heterocycles. The molecule has 25 heavy (non-hydrogen) atoms. The molecule has 1 aliphatic rings. The smallest absolute Gasteiger partial charge is 0.254 e. The molecule has 6 heteroatoms. The van der Waals surface area contributed by atoms with Crippen molar-refractivity contribution in [3.8, 4) is 5.75 Å². The molecule has 2 heterocycles. The third-order valence-electron chi connectivity index (χ3n) is 4.25. The van der Waals surface area contributed by atoms with Crippen LogP contribution in [0.15, 0.2) is 47.1 Å². The van der Waals surface area contributed by atoms with Crippen molar-refractivity contribution in [1.82, 2.24) is 10.2 Å². The van der Waals surface area contributed by atoms with Crippen LogP contribution in [-0.4, -0.2) is 35.9 Å². The summed E-state index contributed by atoms with van der Waals surface area (Å²) in [5.74, 6) is 1.15. The number of ether oxygens (including phenoxy) is 1. The van der Waals surface area contributed by atoms with Crippen LogP contribution in [0.2, 0.25) is 0 Å². The van der Waals surface area contributed by atoms with Gasteiger partial charge >= 0.3 is 0 Å². The molecule has 1 aromatic heterocycles. The van der Waals surface area contributed by atoms with Crippen molar-refractivity contribution in [3.63, 3.8) is 0 Å². The van der Waals surface area contributed by atoms with Crippen molar-refractivity contribution in [1.29, 1.82) is 0 Å². The van der Waals surface area contributed by atoms with Gasteiger partial charge in [-0.05, 0) is 56.2 Å². The highest BCUT2D eigenvalue weighted by molar-refractivity contribution is 5.98. The predicted octanol–water partition coefficient (Wildman–Crippen LogP) is 2.60. The summed E-state index contributed by atoms with van der Waals surface area (Å²) >= 11 is 0. The van der Waals surface area contributed by atoms with E-state index in [2.05, 4.69) is 5.32 Å². The minimum atomic E-state index is -0.436. The van der Waals surface area contributed by atoms with Gasteiger partial charge in [0.2, 0.25) is 5.91 Å². The lowest BCUT2D eigenvalue weighted by atomic mass is 10.1. The molecular formula is C19H22N2O4. The first-order valence-corrected chi connectivity index (χ1v) is 8.53. The molecule has 6 nitrogen and oxygen atoms in total. The maximum Gasteiger partial charge on any atom is 0.254 e. The zero-order valence-corrected chi connectivity index (χ0v) is 14.2. The highest BCUT2D eigenvalue weighted by atomic mass is 16.5. The van der Waals surface area contributed by atoms with Gasteiger partial charge in [0.1, 0.15) is 17.6 Å². The van der Waals surface area contributed by atoms with E-state index in [1.54, 1.807) is 47.6 Å². The van der Waals surface area contributed by atoms with E-state index < -0.39 is 6.04 Å². The number of rotatable bonds is 6. The number of hydrogen-bond donors (Lipinski definition) is 1. The maximum absolute atomic E-state index is 12.8. The molecule has 1 atom stereocenters. The Morgan fingerprint density at radius 1 is 1.28 bits per heavy atom. The predicted molar refractivity (Wildman–Crippen MR) is 92.2 cm³/mol. The van der Waals surface area contributed by atoms with Gasteiger partial charge in [0.15, 0.2) is 0 Å². The van der Waals surface area contributed by atoms with Crippen LogP contribution in [0.4, 0.5) is 0 Å². The summed E-state index contributed by atoms with van der Waals surface area (Å²) in [4.78, 5) is 26.9. The number of amides is 2. The fraction of sp³-hybridized carbons (Fsp3) is 0.368. The molecule has 0 bridgehead atoms. The van der Waals surface area contributed by atoms with Crippen LogP contribution < -0.4 is 10.1 Å². The largest absolute Gasteiger partial charge is 0.494 e. The van der Waals surface area contributed by atoms with Crippen molar-refractivity contribution in [2.45, 2.75) is 32.4 Å². The molecule has 2 amide bonds. The molecule has 0 saturated carbocycles. The van der Waals surface area contributed by atoms with Crippen molar-refractivity contribution in [2.24, 2.45) is 0 Å². The van der Waals surface area contributed by atoms with Gasteiger partial charge in [-0.2, -0.15) is 0 Å². The van der Waals surface area contributed by atoms with Gasteiger partial charge in [0, 0.05) is 12.1 Å². The molecule has 132 valence electrons. The minimum absolute atomic E-state index is 0.126. The van der Waals surface area contributed by atoms with Crippen LogP contribution in [0.1, 0.15) is 35.9 Å². The molecule has 1 N–H and O–H groups in total. The minimum Gasteiger partial charge on any atom is -0.494 e. The van der Waals surface area contributed by atoms with E-state index in [9.17, 15) is 9.59 Å². The zero-order valence-electron chi connectivity index (χ0n) is 14.2. The zero-order chi connectivity index (χ0) is 17.6. The molecule has 0 unspecified atom stereocenters. The molecule has 0 radical (unpaired) electrons. The van der Waals surface area contributed by atoms with E-state index in [0.717, 1.165) is 12.2 Å². The van der Waals surface area contributed by atoms with Crippen LogP contribution in [-0.2, 0) is 11.3 Å². The van der Waals surface area contributed by atoms with E-state index in [4.69, 9.17) is 9.15 Å². The summed E-state index contributed by atoms with van der Waals surface area (Å²) in [6, 6.07) is 10.2. The Hall–Kier alpha value is -2.76. The number of likely N-dealkylation sites (tertiary alicyclic amines) is 1. The number of benzene rings is 1. The number of nitrogens with one attached hydrogen (secondary N) is 1. The Bertz CT molecular complexity index is 710. The van der Waals surface area contributed by atoms with Crippen LogP contribution in [0.5, 0.6) is 5.75 Å². The number of hydrogen-bond acceptors (Lipinski definition) is 4. The number of furan rings is 1. The summed E-state index contributed by atoms with van der Waals surface area (Å²) in [6.45, 7) is 3.41. The molecule has 2 aromatic rings. The molecule has 0 spiro atoms. The van der Waals surface area contributed by atoms with Gasteiger partial charge in [-0.3, -0.25) is 9.59 Å². The third kappa shape index (κ3) is 4.02. The van der Waals surface area contributed by atoms with Crippen molar-refractivity contribution < 1.29 is 18.7 Å². The third-order valence-corrected chi connectivity index (χ3v) is 4.25. The Morgan fingerprint density at radius 2 is 2.08 bits per heavy atom. The first-order valence-electron chi connectivity index (χ1n) is 8.53. The average Bonchev–Trinajstić information content (AvgIpc) is 3.31. The van der Waals surface area contributed by atoms with Crippen molar-refractivity contribution in [2.75, 3.05) is 13.2 Å². The standard InChI is InChI=1S/C19H22N2O4/c1-2-24-15-9-7-14(8-10-15)19(23)21-11-3-6-17(21)18(22)20-13-16-5-4-12-25-16/h4-5,7-10,12,17H,2-3,6,11,13H2,1H3,(H,20,22)/t17-/m1/s1. The Labute approximate surface area is 146 Å². The van der Waals surface area contributed by atoms with Crippen LogP contribution in [0.3, 0.4) is 0 Å². The number of nitrogens with zero attached hydrogens (tertiary/aromatic N) is 1. The Kier molecular flexibility index (Phi) is 5.38. The highest BCUT2D eigenvalue weighted by Crippen LogP contribution is 2.22. The van der Waals surface area contributed by atoms with Gasteiger partial charge < -0.3 is 19.4 Å². The second-order valence-electron chi connectivity index (χ2n) is 5.91. The fourth-order valence-corrected chi connectivity index (χ4v) is 3.01. The molecule has 1 fully saturated rings. The fourth-order valence-electron chi connectivity index (χ4n) is 3.01. The Morgan fingerprint density at radius 3 is 2.76 bits per heavy atom. The monoisotopic (exact) mass is 342 g/mol. The normalized spacial score (nSPS) is 16.7. The first kappa shape index (κ1) is 17.1. The van der Waals surface area contributed by atoms with Gasteiger partial charge in [-0.15, -0.1) is 0 Å². The molecule has 1 saturated heterocycles.